The highest BCUT2D eigenvalue weighted by molar-refractivity contribution is 7.89. The van der Waals surface area contributed by atoms with Gasteiger partial charge in [0.25, 0.3) is 0 Å². The van der Waals surface area contributed by atoms with Crippen molar-refractivity contribution in [2.45, 2.75) is 25.7 Å². The Kier molecular flexibility index (Phi) is 5.52. The zero-order valence-corrected chi connectivity index (χ0v) is 13.0. The molecular formula is C13H21N3O3S. The molecule has 0 atom stereocenters. The number of hydrogen-bond donors (Lipinski definition) is 2. The number of sulfonamides is 1. The van der Waals surface area contributed by atoms with Gasteiger partial charge in [0, 0.05) is 18.8 Å². The standard InChI is InChI=1S/C13H21N3O3S/c1-5-16(6-2)13(17)15-12-9-11(8-7-10(12)3)20(18,19)14-4/h7-9,14H,5-6H2,1-4H3,(H,15,17). The average molecular weight is 299 g/mol. The summed E-state index contributed by atoms with van der Waals surface area (Å²) < 4.78 is 25.8. The number of nitrogens with zero attached hydrogens (tertiary/aromatic N) is 1. The number of aryl methyl sites for hydroxylation is 1. The zero-order valence-electron chi connectivity index (χ0n) is 12.2. The molecule has 0 fully saturated rings. The number of nitrogens with one attached hydrogen (secondary N) is 2. The van der Waals surface area contributed by atoms with Gasteiger partial charge in [-0.2, -0.15) is 0 Å². The van der Waals surface area contributed by atoms with Gasteiger partial charge in [0.05, 0.1) is 4.90 Å². The molecule has 1 aromatic carbocycles. The first-order chi connectivity index (χ1) is 9.35. The molecule has 0 spiro atoms. The molecule has 0 aliphatic heterocycles. The molecule has 112 valence electrons. The van der Waals surface area contributed by atoms with E-state index in [9.17, 15) is 13.2 Å². The molecule has 2 N–H and O–H groups in total. The normalized spacial score (nSPS) is 11.2. The van der Waals surface area contributed by atoms with Crippen LogP contribution < -0.4 is 10.0 Å². The molecule has 1 aromatic rings. The molecule has 1 rings (SSSR count). The Morgan fingerprint density at radius 2 is 1.85 bits per heavy atom. The molecule has 0 heterocycles. The summed E-state index contributed by atoms with van der Waals surface area (Å²) in [4.78, 5) is 13.8. The Labute approximate surface area is 120 Å². The van der Waals surface area contributed by atoms with Crippen LogP contribution in [0, 0.1) is 6.92 Å². The molecule has 0 aliphatic rings. The SMILES string of the molecule is CCN(CC)C(=O)Nc1cc(S(=O)(=O)NC)ccc1C. The maximum absolute atomic E-state index is 12.0. The molecule has 0 radical (unpaired) electrons. The molecule has 0 unspecified atom stereocenters. The van der Waals surface area contributed by atoms with Crippen LogP contribution in [0.5, 0.6) is 0 Å². The minimum Gasteiger partial charge on any atom is -0.325 e. The van der Waals surface area contributed by atoms with E-state index in [4.69, 9.17) is 0 Å². The van der Waals surface area contributed by atoms with Crippen molar-refractivity contribution >= 4 is 21.7 Å². The predicted molar refractivity (Wildman–Crippen MR) is 79.4 cm³/mol. The van der Waals surface area contributed by atoms with E-state index in [1.54, 1.807) is 11.0 Å². The summed E-state index contributed by atoms with van der Waals surface area (Å²) in [6.07, 6.45) is 0. The maximum Gasteiger partial charge on any atom is 0.321 e. The monoisotopic (exact) mass is 299 g/mol. The van der Waals surface area contributed by atoms with Crippen molar-refractivity contribution in [1.29, 1.82) is 0 Å². The first kappa shape index (κ1) is 16.5. The smallest absolute Gasteiger partial charge is 0.321 e. The Hall–Kier alpha value is -1.60. The second kappa shape index (κ2) is 6.71. The van der Waals surface area contributed by atoms with Gasteiger partial charge in [-0.15, -0.1) is 0 Å². The van der Waals surface area contributed by atoms with E-state index in [-0.39, 0.29) is 10.9 Å². The number of urea groups is 1. The molecule has 20 heavy (non-hydrogen) atoms. The number of rotatable bonds is 5. The summed E-state index contributed by atoms with van der Waals surface area (Å²) in [6.45, 7) is 6.77. The number of benzene rings is 1. The molecule has 7 heteroatoms. The lowest BCUT2D eigenvalue weighted by molar-refractivity contribution is 0.217. The fourth-order valence-electron chi connectivity index (χ4n) is 1.73. The molecule has 0 bridgehead atoms. The van der Waals surface area contributed by atoms with Crippen LogP contribution in [-0.4, -0.2) is 39.5 Å². The van der Waals surface area contributed by atoms with Gasteiger partial charge in [0.2, 0.25) is 10.0 Å². The lowest BCUT2D eigenvalue weighted by atomic mass is 10.2. The van der Waals surface area contributed by atoms with Crippen LogP contribution in [0.2, 0.25) is 0 Å². The van der Waals surface area contributed by atoms with Crippen LogP contribution in [0.1, 0.15) is 19.4 Å². The van der Waals surface area contributed by atoms with E-state index in [1.807, 2.05) is 20.8 Å². The Morgan fingerprint density at radius 3 is 2.35 bits per heavy atom. The summed E-state index contributed by atoms with van der Waals surface area (Å²) in [5.74, 6) is 0. The lowest BCUT2D eigenvalue weighted by Gasteiger charge is -2.20. The third-order valence-electron chi connectivity index (χ3n) is 3.08. The summed E-state index contributed by atoms with van der Waals surface area (Å²) in [6, 6.07) is 4.40. The average Bonchev–Trinajstić information content (AvgIpc) is 2.42. The Bertz CT molecular complexity index is 581. The predicted octanol–water partition coefficient (Wildman–Crippen LogP) is 1.78. The van der Waals surface area contributed by atoms with Gasteiger partial charge in [0.15, 0.2) is 0 Å². The molecule has 0 saturated heterocycles. The quantitative estimate of drug-likeness (QED) is 0.870. The van der Waals surface area contributed by atoms with Gasteiger partial charge < -0.3 is 10.2 Å². The van der Waals surface area contributed by atoms with Crippen LogP contribution in [0.3, 0.4) is 0 Å². The van der Waals surface area contributed by atoms with Crippen LogP contribution in [0.15, 0.2) is 23.1 Å². The van der Waals surface area contributed by atoms with Crippen molar-refractivity contribution in [3.05, 3.63) is 23.8 Å². The summed E-state index contributed by atoms with van der Waals surface area (Å²) in [5, 5.41) is 2.74. The molecular weight excluding hydrogens is 278 g/mol. The topological polar surface area (TPSA) is 78.5 Å². The fraction of sp³-hybridized carbons (Fsp3) is 0.462. The zero-order chi connectivity index (χ0) is 15.3. The summed E-state index contributed by atoms with van der Waals surface area (Å²) in [7, 11) is -2.17. The number of anilines is 1. The van der Waals surface area contributed by atoms with Crippen molar-refractivity contribution in [2.75, 3.05) is 25.5 Å². The number of carbonyl (C=O) groups excluding carboxylic acids is 1. The van der Waals surface area contributed by atoms with Crippen molar-refractivity contribution in [1.82, 2.24) is 9.62 Å². The highest BCUT2D eigenvalue weighted by atomic mass is 32.2. The number of carbonyl (C=O) groups is 1. The van der Waals surface area contributed by atoms with Crippen molar-refractivity contribution in [3.63, 3.8) is 0 Å². The first-order valence-electron chi connectivity index (χ1n) is 6.45. The fourth-order valence-corrected chi connectivity index (χ4v) is 2.48. The number of amides is 2. The molecule has 2 amide bonds. The second-order valence-corrected chi connectivity index (χ2v) is 6.17. The Morgan fingerprint density at radius 1 is 1.25 bits per heavy atom. The van der Waals surface area contributed by atoms with E-state index in [2.05, 4.69) is 10.0 Å². The number of hydrogen-bond acceptors (Lipinski definition) is 3. The van der Waals surface area contributed by atoms with Gasteiger partial charge in [-0.05, 0) is 45.5 Å². The van der Waals surface area contributed by atoms with E-state index in [0.29, 0.717) is 18.8 Å². The van der Waals surface area contributed by atoms with Crippen molar-refractivity contribution in [2.24, 2.45) is 0 Å². The van der Waals surface area contributed by atoms with E-state index < -0.39 is 10.0 Å². The van der Waals surface area contributed by atoms with Crippen LogP contribution in [-0.2, 0) is 10.0 Å². The third-order valence-corrected chi connectivity index (χ3v) is 4.49. The minimum absolute atomic E-state index is 0.125. The molecule has 0 aromatic heterocycles. The van der Waals surface area contributed by atoms with E-state index >= 15 is 0 Å². The maximum atomic E-state index is 12.0. The van der Waals surface area contributed by atoms with Gasteiger partial charge in [-0.25, -0.2) is 17.9 Å². The Balaban J connectivity index is 3.07. The van der Waals surface area contributed by atoms with Gasteiger partial charge in [-0.3, -0.25) is 0 Å². The van der Waals surface area contributed by atoms with Gasteiger partial charge in [0.1, 0.15) is 0 Å². The first-order valence-corrected chi connectivity index (χ1v) is 7.94. The second-order valence-electron chi connectivity index (χ2n) is 4.29. The van der Waals surface area contributed by atoms with Crippen LogP contribution in [0.25, 0.3) is 0 Å². The highest BCUT2D eigenvalue weighted by Crippen LogP contribution is 2.20. The van der Waals surface area contributed by atoms with Crippen LogP contribution >= 0.6 is 0 Å². The third kappa shape index (κ3) is 3.71. The minimum atomic E-state index is -3.52. The summed E-state index contributed by atoms with van der Waals surface area (Å²) in [5.41, 5.74) is 1.30. The largest absolute Gasteiger partial charge is 0.325 e. The van der Waals surface area contributed by atoms with Crippen molar-refractivity contribution in [3.8, 4) is 0 Å². The van der Waals surface area contributed by atoms with E-state index in [0.717, 1.165) is 5.56 Å². The lowest BCUT2D eigenvalue weighted by Crippen LogP contribution is -2.34. The van der Waals surface area contributed by atoms with Crippen molar-refractivity contribution < 1.29 is 13.2 Å². The molecule has 6 nitrogen and oxygen atoms in total. The van der Waals surface area contributed by atoms with Gasteiger partial charge in [-0.1, -0.05) is 6.07 Å². The summed E-state index contributed by atoms with van der Waals surface area (Å²) >= 11 is 0. The van der Waals surface area contributed by atoms with Gasteiger partial charge >= 0.3 is 6.03 Å². The molecule has 0 saturated carbocycles. The van der Waals surface area contributed by atoms with E-state index in [1.165, 1.54) is 19.2 Å². The highest BCUT2D eigenvalue weighted by Gasteiger charge is 2.15. The van der Waals surface area contributed by atoms with Crippen LogP contribution in [0.4, 0.5) is 10.5 Å². The molecule has 0 aliphatic carbocycles.